The highest BCUT2D eigenvalue weighted by molar-refractivity contribution is 6.31. The summed E-state index contributed by atoms with van der Waals surface area (Å²) >= 11 is 6.00. The number of nitrogen functional groups attached to an aromatic ring is 1. The molecule has 0 bridgehead atoms. The molecule has 0 radical (unpaired) electrons. The first-order chi connectivity index (χ1) is 17.3. The fourth-order valence-electron chi connectivity index (χ4n) is 4.13. The van der Waals surface area contributed by atoms with Crippen LogP contribution in [-0.4, -0.2) is 80.1 Å². The summed E-state index contributed by atoms with van der Waals surface area (Å²) in [6.07, 6.45) is 5.39. The van der Waals surface area contributed by atoms with Gasteiger partial charge in [-0.3, -0.25) is 14.9 Å². The van der Waals surface area contributed by atoms with Gasteiger partial charge in [-0.15, -0.1) is 0 Å². The van der Waals surface area contributed by atoms with Crippen LogP contribution >= 0.6 is 11.6 Å². The Balaban J connectivity index is 1.40. The molecule has 12 nitrogen and oxygen atoms in total. The van der Waals surface area contributed by atoms with Crippen molar-refractivity contribution in [2.45, 2.75) is 12.5 Å². The summed E-state index contributed by atoms with van der Waals surface area (Å²) in [5, 5.41) is 7.99. The van der Waals surface area contributed by atoms with Crippen molar-refractivity contribution in [3.05, 3.63) is 47.4 Å². The number of carbonyl (C=O) groups is 2. The molecule has 1 aromatic carbocycles. The van der Waals surface area contributed by atoms with Gasteiger partial charge < -0.3 is 20.0 Å². The van der Waals surface area contributed by atoms with Crippen LogP contribution in [0.5, 0.6) is 0 Å². The van der Waals surface area contributed by atoms with Crippen molar-refractivity contribution in [3.8, 4) is 0 Å². The number of aromatic nitrogens is 5. The van der Waals surface area contributed by atoms with Crippen molar-refractivity contribution in [3.63, 3.8) is 0 Å². The second-order valence-electron chi connectivity index (χ2n) is 8.73. The molecule has 1 aliphatic heterocycles. The lowest BCUT2D eigenvalue weighted by molar-refractivity contribution is -0.125. The Bertz CT molecular complexity index is 1490. The normalized spacial score (nSPS) is 16.1. The first-order valence-electron chi connectivity index (χ1n) is 11.3. The number of nitrogens with one attached hydrogen (secondary N) is 1. The molecule has 186 valence electrons. The molecule has 36 heavy (non-hydrogen) atoms. The molecular formula is C23H24ClN9O3. The number of fused-ring (bicyclic) bond motifs is 2. The number of benzene rings is 1. The lowest BCUT2D eigenvalue weighted by Gasteiger charge is -2.15. The molecule has 1 atom stereocenters. The van der Waals surface area contributed by atoms with E-state index in [9.17, 15) is 9.59 Å². The zero-order valence-electron chi connectivity index (χ0n) is 19.7. The van der Waals surface area contributed by atoms with E-state index < -0.39 is 5.91 Å². The Morgan fingerprint density at radius 3 is 2.97 bits per heavy atom. The molecule has 0 spiro atoms. The van der Waals surface area contributed by atoms with Crippen LogP contribution in [-0.2, 0) is 4.79 Å². The van der Waals surface area contributed by atoms with E-state index in [2.05, 4.69) is 25.4 Å². The van der Waals surface area contributed by atoms with E-state index in [1.54, 1.807) is 33.9 Å². The molecule has 13 heteroatoms. The van der Waals surface area contributed by atoms with Crippen molar-refractivity contribution in [1.82, 2.24) is 34.5 Å². The highest BCUT2D eigenvalue weighted by Gasteiger charge is 2.31. The highest BCUT2D eigenvalue weighted by Crippen LogP contribution is 2.30. The number of oxazole rings is 1. The number of halogens is 1. The van der Waals surface area contributed by atoms with E-state index in [-0.39, 0.29) is 29.5 Å². The van der Waals surface area contributed by atoms with Gasteiger partial charge in [0.15, 0.2) is 16.9 Å². The summed E-state index contributed by atoms with van der Waals surface area (Å²) in [6.45, 7) is 1.66. The van der Waals surface area contributed by atoms with Crippen molar-refractivity contribution in [2.24, 2.45) is 0 Å². The van der Waals surface area contributed by atoms with Crippen LogP contribution in [0.1, 0.15) is 23.0 Å². The van der Waals surface area contributed by atoms with Crippen LogP contribution in [0.4, 0.5) is 11.8 Å². The van der Waals surface area contributed by atoms with Gasteiger partial charge in [0.05, 0.1) is 11.4 Å². The Morgan fingerprint density at radius 2 is 2.17 bits per heavy atom. The minimum atomic E-state index is -0.574. The van der Waals surface area contributed by atoms with Gasteiger partial charge in [-0.1, -0.05) is 17.7 Å². The third-order valence-corrected chi connectivity index (χ3v) is 6.09. The standard InChI is InChI=1S/C23H24ClN9O3/c1-31(2)8-3-4-17(34)32-9-7-14(11-32)33-21-18(20(25)26-12-27-21)19(30-33)22(35)29-23-28-15-10-13(24)5-6-16(15)36-23/h3-6,10,12,14H,7-9,11H2,1-2H3,(H2,25,26,27)(H,28,29,35)/t14-/m1/s1. The number of anilines is 2. The first kappa shape index (κ1) is 23.7. The van der Waals surface area contributed by atoms with Crippen LogP contribution in [0.25, 0.3) is 22.1 Å². The lowest BCUT2D eigenvalue weighted by Crippen LogP contribution is -2.28. The zero-order chi connectivity index (χ0) is 25.4. The average Bonchev–Trinajstić information content (AvgIpc) is 3.55. The molecule has 5 rings (SSSR count). The number of rotatable bonds is 6. The number of likely N-dealkylation sites (tertiary alicyclic amines) is 1. The van der Waals surface area contributed by atoms with Crippen LogP contribution in [0, 0.1) is 0 Å². The monoisotopic (exact) mass is 509 g/mol. The van der Waals surface area contributed by atoms with E-state index in [0.29, 0.717) is 53.2 Å². The SMILES string of the molecule is CN(C)CC=CC(=O)N1CC[C@@H](n2nc(C(=O)Nc3nc4cc(Cl)ccc4o3)c3c(N)ncnc32)C1. The minimum absolute atomic E-state index is 0.00228. The van der Waals surface area contributed by atoms with Gasteiger partial charge in [-0.25, -0.2) is 14.6 Å². The molecular weight excluding hydrogens is 486 g/mol. The Kier molecular flexibility index (Phi) is 6.29. The van der Waals surface area contributed by atoms with Crippen molar-refractivity contribution < 1.29 is 14.0 Å². The summed E-state index contributed by atoms with van der Waals surface area (Å²) in [6, 6.07) is 4.79. The van der Waals surface area contributed by atoms with Gasteiger partial charge in [0, 0.05) is 30.7 Å². The molecule has 1 fully saturated rings. The predicted molar refractivity (Wildman–Crippen MR) is 135 cm³/mol. The molecule has 0 saturated carbocycles. The van der Waals surface area contributed by atoms with Gasteiger partial charge in [0.2, 0.25) is 5.91 Å². The zero-order valence-corrected chi connectivity index (χ0v) is 20.4. The number of nitrogens with zero attached hydrogens (tertiary/aromatic N) is 7. The number of amides is 2. The van der Waals surface area contributed by atoms with E-state index in [0.717, 1.165) is 0 Å². The maximum Gasteiger partial charge on any atom is 0.302 e. The number of hydrogen-bond donors (Lipinski definition) is 2. The third-order valence-electron chi connectivity index (χ3n) is 5.86. The molecule has 0 unspecified atom stereocenters. The maximum atomic E-state index is 13.2. The number of carbonyl (C=O) groups excluding carboxylic acids is 2. The predicted octanol–water partition coefficient (Wildman–Crippen LogP) is 2.35. The molecule has 3 aromatic heterocycles. The van der Waals surface area contributed by atoms with Crippen molar-refractivity contribution >= 4 is 57.4 Å². The summed E-state index contributed by atoms with van der Waals surface area (Å²) < 4.78 is 7.24. The van der Waals surface area contributed by atoms with Crippen molar-refractivity contribution in [2.75, 3.05) is 44.8 Å². The van der Waals surface area contributed by atoms with Gasteiger partial charge in [0.25, 0.3) is 5.91 Å². The van der Waals surface area contributed by atoms with Gasteiger partial charge in [-0.2, -0.15) is 10.1 Å². The third kappa shape index (κ3) is 4.60. The molecule has 0 aliphatic carbocycles. The Labute approximate surface area is 210 Å². The van der Waals surface area contributed by atoms with E-state index >= 15 is 0 Å². The molecule has 4 heterocycles. The van der Waals surface area contributed by atoms with Crippen LogP contribution in [0.2, 0.25) is 5.02 Å². The summed E-state index contributed by atoms with van der Waals surface area (Å²) in [4.78, 5) is 42.1. The number of nitrogens with two attached hydrogens (primary N) is 1. The Morgan fingerprint density at radius 1 is 1.33 bits per heavy atom. The summed E-state index contributed by atoms with van der Waals surface area (Å²) in [5.74, 6) is -0.521. The van der Waals surface area contributed by atoms with Crippen molar-refractivity contribution in [1.29, 1.82) is 0 Å². The quantitative estimate of drug-likeness (QED) is 0.373. The van der Waals surface area contributed by atoms with Crippen LogP contribution in [0.15, 0.2) is 41.1 Å². The fourth-order valence-corrected chi connectivity index (χ4v) is 4.30. The smallest absolute Gasteiger partial charge is 0.302 e. The second kappa shape index (κ2) is 9.55. The summed E-state index contributed by atoms with van der Waals surface area (Å²) in [5.41, 5.74) is 7.56. The molecule has 1 saturated heterocycles. The topological polar surface area (TPSA) is 148 Å². The first-order valence-corrected chi connectivity index (χ1v) is 11.6. The second-order valence-corrected chi connectivity index (χ2v) is 9.16. The largest absolute Gasteiger partial charge is 0.423 e. The van der Waals surface area contributed by atoms with E-state index in [1.807, 2.05) is 25.1 Å². The maximum absolute atomic E-state index is 13.2. The molecule has 3 N–H and O–H groups in total. The van der Waals surface area contributed by atoms with Gasteiger partial charge >= 0.3 is 6.01 Å². The average molecular weight is 510 g/mol. The summed E-state index contributed by atoms with van der Waals surface area (Å²) in [7, 11) is 3.87. The van der Waals surface area contributed by atoms with Gasteiger partial charge in [0.1, 0.15) is 17.7 Å². The lowest BCUT2D eigenvalue weighted by atomic mass is 10.2. The Hall–Kier alpha value is -4.03. The fraction of sp³-hybridized carbons (Fsp3) is 0.304. The molecule has 2 amide bonds. The van der Waals surface area contributed by atoms with E-state index in [1.165, 1.54) is 6.33 Å². The number of likely N-dealkylation sites (N-methyl/N-ethyl adjacent to an activating group) is 1. The number of hydrogen-bond acceptors (Lipinski definition) is 9. The minimum Gasteiger partial charge on any atom is -0.423 e. The molecule has 1 aliphatic rings. The van der Waals surface area contributed by atoms with Crippen LogP contribution in [0.3, 0.4) is 0 Å². The highest BCUT2D eigenvalue weighted by atomic mass is 35.5. The van der Waals surface area contributed by atoms with E-state index in [4.69, 9.17) is 21.8 Å². The molecule has 4 aromatic rings. The van der Waals surface area contributed by atoms with Crippen LogP contribution < -0.4 is 11.1 Å². The van der Waals surface area contributed by atoms with Gasteiger partial charge in [-0.05, 0) is 38.7 Å².